The van der Waals surface area contributed by atoms with Crippen molar-refractivity contribution < 1.29 is 14.6 Å². The second kappa shape index (κ2) is 9.79. The van der Waals surface area contributed by atoms with Crippen molar-refractivity contribution in [3.05, 3.63) is 100 Å². The number of carboxylic acid groups (broad SMARTS) is 1. The Bertz CT molecular complexity index is 1000. The standard InChI is InChI=1S/C17H15ClO3.C8H11N/c1-21-12-5-6-13(16(18)8-12)15-9-14(15)10-3-2-4-11(7-10)17(19)20;1-7(9)8-5-3-2-4-6-8/h2-8,14-15H,9H2,1H3,(H,19,20);2-7H,9H2,1H3/t14-,15-;7-/m10/s1. The van der Waals surface area contributed by atoms with Gasteiger partial charge in [0.25, 0.3) is 0 Å². The molecule has 0 heterocycles. The maximum Gasteiger partial charge on any atom is 0.335 e. The maximum absolute atomic E-state index is 11.0. The Kier molecular flexibility index (Phi) is 7.14. The number of hydrogen-bond donors (Lipinski definition) is 2. The van der Waals surface area contributed by atoms with E-state index in [1.165, 1.54) is 5.56 Å². The van der Waals surface area contributed by atoms with Gasteiger partial charge in [0.15, 0.2) is 0 Å². The van der Waals surface area contributed by atoms with Crippen LogP contribution in [0.3, 0.4) is 0 Å². The van der Waals surface area contributed by atoms with Crippen molar-refractivity contribution >= 4 is 17.6 Å². The molecule has 3 aromatic carbocycles. The molecule has 156 valence electrons. The van der Waals surface area contributed by atoms with Crippen molar-refractivity contribution in [1.82, 2.24) is 0 Å². The maximum atomic E-state index is 11.0. The summed E-state index contributed by atoms with van der Waals surface area (Å²) in [6.45, 7) is 1.98. The van der Waals surface area contributed by atoms with Crippen LogP contribution >= 0.6 is 11.6 Å². The lowest BCUT2D eigenvalue weighted by Gasteiger charge is -2.07. The van der Waals surface area contributed by atoms with E-state index in [1.54, 1.807) is 25.3 Å². The lowest BCUT2D eigenvalue weighted by molar-refractivity contribution is 0.0696. The Labute approximate surface area is 182 Å². The molecular weight excluding hydrogens is 398 g/mol. The quantitative estimate of drug-likeness (QED) is 0.526. The Balaban J connectivity index is 0.000000239. The largest absolute Gasteiger partial charge is 0.497 e. The van der Waals surface area contributed by atoms with Crippen LogP contribution in [0.2, 0.25) is 5.02 Å². The fraction of sp³-hybridized carbons (Fsp3) is 0.240. The monoisotopic (exact) mass is 423 g/mol. The summed E-state index contributed by atoms with van der Waals surface area (Å²) in [7, 11) is 1.61. The van der Waals surface area contributed by atoms with Gasteiger partial charge in [0, 0.05) is 11.1 Å². The SMILES string of the molecule is COc1ccc([C@H]2C[C@@H]2c2cccc(C(=O)O)c2)c(Cl)c1.C[C@H](N)c1ccccc1. The van der Waals surface area contributed by atoms with E-state index >= 15 is 0 Å². The van der Waals surface area contributed by atoms with Gasteiger partial charge in [-0.3, -0.25) is 0 Å². The fourth-order valence-corrected chi connectivity index (χ4v) is 3.81. The van der Waals surface area contributed by atoms with Crippen LogP contribution in [-0.2, 0) is 0 Å². The molecule has 1 aliphatic rings. The molecule has 1 aliphatic carbocycles. The molecule has 1 fully saturated rings. The van der Waals surface area contributed by atoms with E-state index < -0.39 is 5.97 Å². The highest BCUT2D eigenvalue weighted by Crippen LogP contribution is 2.56. The number of aromatic carboxylic acids is 1. The summed E-state index contributed by atoms with van der Waals surface area (Å²) < 4.78 is 5.15. The summed E-state index contributed by atoms with van der Waals surface area (Å²) in [5.74, 6) is 0.549. The lowest BCUT2D eigenvalue weighted by Crippen LogP contribution is -2.03. The zero-order valence-electron chi connectivity index (χ0n) is 17.1. The Morgan fingerprint density at radius 1 is 1.07 bits per heavy atom. The first kappa shape index (κ1) is 21.9. The first-order valence-corrected chi connectivity index (χ1v) is 10.3. The van der Waals surface area contributed by atoms with E-state index in [1.807, 2.05) is 61.5 Å². The minimum Gasteiger partial charge on any atom is -0.497 e. The van der Waals surface area contributed by atoms with Crippen LogP contribution in [0.5, 0.6) is 5.75 Å². The predicted octanol–water partition coefficient (Wildman–Crippen LogP) is 6.02. The molecule has 0 bridgehead atoms. The second-order valence-electron chi connectivity index (χ2n) is 7.47. The summed E-state index contributed by atoms with van der Waals surface area (Å²) >= 11 is 6.30. The molecule has 0 radical (unpaired) electrons. The molecule has 0 unspecified atom stereocenters. The van der Waals surface area contributed by atoms with Gasteiger partial charge in [-0.05, 0) is 66.1 Å². The summed E-state index contributed by atoms with van der Waals surface area (Å²) in [6.07, 6.45) is 0.995. The molecule has 30 heavy (non-hydrogen) atoms. The normalized spacial score (nSPS) is 18.0. The Morgan fingerprint density at radius 3 is 2.37 bits per heavy atom. The van der Waals surface area contributed by atoms with Gasteiger partial charge in [-0.15, -0.1) is 0 Å². The fourth-order valence-electron chi connectivity index (χ4n) is 3.50. The highest BCUT2D eigenvalue weighted by Gasteiger charge is 2.40. The van der Waals surface area contributed by atoms with E-state index in [2.05, 4.69) is 0 Å². The van der Waals surface area contributed by atoms with Gasteiger partial charge < -0.3 is 15.6 Å². The van der Waals surface area contributed by atoms with Crippen LogP contribution in [0.25, 0.3) is 0 Å². The topological polar surface area (TPSA) is 72.5 Å². The van der Waals surface area contributed by atoms with Gasteiger partial charge in [-0.1, -0.05) is 60.1 Å². The van der Waals surface area contributed by atoms with Crippen molar-refractivity contribution in [3.63, 3.8) is 0 Å². The zero-order chi connectivity index (χ0) is 21.7. The summed E-state index contributed by atoms with van der Waals surface area (Å²) in [6, 6.07) is 23.1. The Morgan fingerprint density at radius 2 is 1.80 bits per heavy atom. The Hall–Kier alpha value is -2.82. The highest BCUT2D eigenvalue weighted by atomic mass is 35.5. The van der Waals surface area contributed by atoms with E-state index in [0.717, 1.165) is 23.3 Å². The predicted molar refractivity (Wildman–Crippen MR) is 121 cm³/mol. The van der Waals surface area contributed by atoms with Gasteiger partial charge in [-0.25, -0.2) is 4.79 Å². The van der Waals surface area contributed by atoms with Crippen molar-refractivity contribution in [3.8, 4) is 5.75 Å². The first-order valence-electron chi connectivity index (χ1n) is 9.88. The van der Waals surface area contributed by atoms with E-state index in [0.29, 0.717) is 22.4 Å². The van der Waals surface area contributed by atoms with Gasteiger partial charge in [0.05, 0.1) is 12.7 Å². The van der Waals surface area contributed by atoms with Gasteiger partial charge in [0.1, 0.15) is 5.75 Å². The van der Waals surface area contributed by atoms with Crippen molar-refractivity contribution in [1.29, 1.82) is 0 Å². The molecule has 0 saturated heterocycles. The van der Waals surface area contributed by atoms with Crippen LogP contribution in [0.1, 0.15) is 58.3 Å². The molecular formula is C25H26ClNO3. The van der Waals surface area contributed by atoms with Crippen LogP contribution in [0.15, 0.2) is 72.8 Å². The lowest BCUT2D eigenvalue weighted by atomic mass is 10.0. The highest BCUT2D eigenvalue weighted by molar-refractivity contribution is 6.31. The molecule has 1 saturated carbocycles. The van der Waals surface area contributed by atoms with E-state index in [4.69, 9.17) is 27.2 Å². The van der Waals surface area contributed by atoms with Crippen molar-refractivity contribution in [2.75, 3.05) is 7.11 Å². The van der Waals surface area contributed by atoms with E-state index in [-0.39, 0.29) is 6.04 Å². The van der Waals surface area contributed by atoms with Crippen molar-refractivity contribution in [2.24, 2.45) is 5.73 Å². The first-order chi connectivity index (χ1) is 14.4. The number of methoxy groups -OCH3 is 1. The third-order valence-electron chi connectivity index (χ3n) is 5.28. The summed E-state index contributed by atoms with van der Waals surface area (Å²) in [5.41, 5.74) is 9.30. The number of ether oxygens (including phenoxy) is 1. The second-order valence-corrected chi connectivity index (χ2v) is 7.87. The van der Waals surface area contributed by atoms with E-state index in [9.17, 15) is 4.79 Å². The number of carboxylic acids is 1. The minimum atomic E-state index is -0.892. The van der Waals surface area contributed by atoms with Crippen LogP contribution in [-0.4, -0.2) is 18.2 Å². The van der Waals surface area contributed by atoms with Crippen LogP contribution in [0.4, 0.5) is 0 Å². The molecule has 0 amide bonds. The molecule has 0 spiro atoms. The summed E-state index contributed by atoms with van der Waals surface area (Å²) in [4.78, 5) is 11.0. The van der Waals surface area contributed by atoms with Gasteiger partial charge in [0.2, 0.25) is 0 Å². The van der Waals surface area contributed by atoms with Crippen molar-refractivity contribution in [2.45, 2.75) is 31.2 Å². The number of carbonyl (C=O) groups is 1. The molecule has 4 rings (SSSR count). The zero-order valence-corrected chi connectivity index (χ0v) is 17.8. The average Bonchev–Trinajstić information content (AvgIpc) is 3.55. The molecule has 0 aromatic heterocycles. The van der Waals surface area contributed by atoms with Crippen LogP contribution < -0.4 is 10.5 Å². The molecule has 3 aromatic rings. The number of rotatable bonds is 5. The molecule has 3 atom stereocenters. The van der Waals surface area contributed by atoms with Gasteiger partial charge in [-0.2, -0.15) is 0 Å². The molecule has 3 N–H and O–H groups in total. The van der Waals surface area contributed by atoms with Crippen LogP contribution in [0, 0.1) is 0 Å². The molecule has 0 aliphatic heterocycles. The average molecular weight is 424 g/mol. The number of benzene rings is 3. The van der Waals surface area contributed by atoms with Gasteiger partial charge >= 0.3 is 5.97 Å². The summed E-state index contributed by atoms with van der Waals surface area (Å²) in [5, 5.41) is 9.77. The third-order valence-corrected chi connectivity index (χ3v) is 5.61. The smallest absolute Gasteiger partial charge is 0.335 e. The number of halogens is 1. The number of nitrogens with two attached hydrogens (primary N) is 1. The minimum absolute atomic E-state index is 0.159. The molecule has 5 heteroatoms. The number of hydrogen-bond acceptors (Lipinski definition) is 3. The molecule has 4 nitrogen and oxygen atoms in total. The third kappa shape index (κ3) is 5.41.